The number of amides is 2. The number of rotatable bonds is 7. The number of hydrogen-bond acceptors (Lipinski definition) is 5. The van der Waals surface area contributed by atoms with Gasteiger partial charge in [-0.05, 0) is 17.4 Å². The number of nitrogens with two attached hydrogens (primary N) is 3. The number of hydrogen-bond donors (Lipinski definition) is 5. The van der Waals surface area contributed by atoms with Crippen molar-refractivity contribution in [3.63, 3.8) is 0 Å². The van der Waals surface area contributed by atoms with Gasteiger partial charge in [0.2, 0.25) is 11.8 Å². The summed E-state index contributed by atoms with van der Waals surface area (Å²) < 4.78 is 0. The fraction of sp³-hybridized carbons (Fsp3) is 0.529. The predicted octanol–water partition coefficient (Wildman–Crippen LogP) is -0.739. The summed E-state index contributed by atoms with van der Waals surface area (Å²) in [6.07, 6.45) is -1.02. The van der Waals surface area contributed by atoms with Crippen LogP contribution in [0.1, 0.15) is 26.3 Å². The third-order valence-electron chi connectivity index (χ3n) is 3.95. The van der Waals surface area contributed by atoms with Crippen molar-refractivity contribution in [2.24, 2.45) is 22.6 Å². The molecule has 1 aromatic carbocycles. The molecule has 0 aliphatic carbocycles. The van der Waals surface area contributed by atoms with Crippen LogP contribution in [0.4, 0.5) is 0 Å². The fourth-order valence-corrected chi connectivity index (χ4v) is 2.21. The second-order valence-electron chi connectivity index (χ2n) is 7.07. The average Bonchev–Trinajstić information content (AvgIpc) is 2.51. The van der Waals surface area contributed by atoms with Gasteiger partial charge in [-0.25, -0.2) is 0 Å². The van der Waals surface area contributed by atoms with E-state index >= 15 is 0 Å². The number of primary amides is 1. The first-order chi connectivity index (χ1) is 11.0. The number of carbonyl (C=O) groups excluding carboxylic acids is 2. The van der Waals surface area contributed by atoms with Gasteiger partial charge in [0.1, 0.15) is 6.04 Å². The summed E-state index contributed by atoms with van der Waals surface area (Å²) >= 11 is 0. The van der Waals surface area contributed by atoms with E-state index in [4.69, 9.17) is 17.2 Å². The molecule has 0 saturated carbocycles. The van der Waals surface area contributed by atoms with Crippen molar-refractivity contribution in [3.8, 4) is 0 Å². The lowest BCUT2D eigenvalue weighted by Gasteiger charge is -2.31. The Bertz CT molecular complexity index is 557. The first kappa shape index (κ1) is 20.1. The monoisotopic (exact) mass is 336 g/mol. The van der Waals surface area contributed by atoms with Gasteiger partial charge in [-0.15, -0.1) is 0 Å². The highest BCUT2D eigenvalue weighted by molar-refractivity contribution is 5.83. The van der Waals surface area contributed by atoms with E-state index in [1.54, 1.807) is 0 Å². The zero-order valence-electron chi connectivity index (χ0n) is 14.4. The molecule has 3 unspecified atom stereocenters. The van der Waals surface area contributed by atoms with Crippen LogP contribution in [0.3, 0.4) is 0 Å². The van der Waals surface area contributed by atoms with Crippen LogP contribution >= 0.6 is 0 Å². The van der Waals surface area contributed by atoms with Crippen molar-refractivity contribution >= 4 is 11.8 Å². The molecule has 4 atom stereocenters. The Morgan fingerprint density at radius 3 is 2.17 bits per heavy atom. The van der Waals surface area contributed by atoms with E-state index in [2.05, 4.69) is 5.32 Å². The fourth-order valence-electron chi connectivity index (χ4n) is 2.21. The van der Waals surface area contributed by atoms with Gasteiger partial charge in [0.15, 0.2) is 0 Å². The Morgan fingerprint density at radius 1 is 1.17 bits per heavy atom. The third-order valence-corrected chi connectivity index (χ3v) is 3.95. The average molecular weight is 336 g/mol. The first-order valence-corrected chi connectivity index (χ1v) is 7.87. The molecule has 8 N–H and O–H groups in total. The third kappa shape index (κ3) is 5.59. The number of carbonyl (C=O) groups is 2. The van der Waals surface area contributed by atoms with Gasteiger partial charge >= 0.3 is 0 Å². The van der Waals surface area contributed by atoms with Gasteiger partial charge in [-0.3, -0.25) is 9.59 Å². The molecule has 0 aromatic heterocycles. The number of aliphatic hydroxyl groups is 1. The highest BCUT2D eigenvalue weighted by Crippen LogP contribution is 2.18. The van der Waals surface area contributed by atoms with Crippen molar-refractivity contribution in [2.45, 2.75) is 51.4 Å². The van der Waals surface area contributed by atoms with E-state index < -0.39 is 41.5 Å². The molecule has 7 heteroatoms. The topological polar surface area (TPSA) is 144 Å². The molecular formula is C17H28N4O3. The van der Waals surface area contributed by atoms with Gasteiger partial charge in [-0.2, -0.15) is 0 Å². The summed E-state index contributed by atoms with van der Waals surface area (Å²) in [7, 11) is 0. The van der Waals surface area contributed by atoms with Crippen molar-refractivity contribution in [1.29, 1.82) is 0 Å². The van der Waals surface area contributed by atoms with E-state index in [0.29, 0.717) is 6.42 Å². The maximum absolute atomic E-state index is 12.4. The maximum atomic E-state index is 12.4. The molecule has 0 heterocycles. The molecule has 24 heavy (non-hydrogen) atoms. The predicted molar refractivity (Wildman–Crippen MR) is 92.7 cm³/mol. The van der Waals surface area contributed by atoms with E-state index in [1.807, 2.05) is 51.1 Å². The molecule has 0 bridgehead atoms. The highest BCUT2D eigenvalue weighted by atomic mass is 16.3. The number of aliphatic hydroxyl groups excluding tert-OH is 1. The van der Waals surface area contributed by atoms with E-state index in [1.165, 1.54) is 0 Å². The molecule has 1 rings (SSSR count). The molecule has 0 aliphatic rings. The van der Waals surface area contributed by atoms with Gasteiger partial charge in [0.05, 0.1) is 18.2 Å². The summed E-state index contributed by atoms with van der Waals surface area (Å²) in [5.41, 5.74) is 17.2. The summed E-state index contributed by atoms with van der Waals surface area (Å²) in [5.74, 6) is -1.26. The minimum Gasteiger partial charge on any atom is -0.389 e. The van der Waals surface area contributed by atoms with E-state index in [9.17, 15) is 14.7 Å². The van der Waals surface area contributed by atoms with Crippen LogP contribution in [-0.2, 0) is 16.0 Å². The van der Waals surface area contributed by atoms with Crippen LogP contribution in [0.2, 0.25) is 0 Å². The van der Waals surface area contributed by atoms with Crippen LogP contribution in [0.25, 0.3) is 0 Å². The molecule has 2 amide bonds. The lowest BCUT2D eigenvalue weighted by molar-refractivity contribution is -0.128. The minimum atomic E-state index is -1.32. The van der Waals surface area contributed by atoms with Crippen LogP contribution in [0, 0.1) is 5.41 Å². The van der Waals surface area contributed by atoms with Crippen molar-refractivity contribution in [1.82, 2.24) is 5.32 Å². The van der Waals surface area contributed by atoms with E-state index in [0.717, 1.165) is 5.56 Å². The lowest BCUT2D eigenvalue weighted by Crippen LogP contribution is -2.60. The molecule has 0 spiro atoms. The molecule has 1 aromatic rings. The van der Waals surface area contributed by atoms with Crippen molar-refractivity contribution in [2.75, 3.05) is 0 Å². The molecule has 0 fully saturated rings. The summed E-state index contributed by atoms with van der Waals surface area (Å²) in [4.78, 5) is 23.7. The normalized spacial score (nSPS) is 16.8. The molecule has 0 aliphatic heterocycles. The van der Waals surface area contributed by atoms with Crippen LogP contribution in [-0.4, -0.2) is 41.2 Å². The molecule has 134 valence electrons. The first-order valence-electron chi connectivity index (χ1n) is 7.87. The quantitative estimate of drug-likeness (QED) is 0.445. The zero-order valence-corrected chi connectivity index (χ0v) is 14.4. The Balaban J connectivity index is 2.96. The lowest BCUT2D eigenvalue weighted by atomic mass is 9.86. The number of benzene rings is 1. The SMILES string of the molecule is CC(C)(C)[C@H](N)C(=O)NC(Cc1ccccc1)C(O)C(N)C(N)=O. The van der Waals surface area contributed by atoms with E-state index in [-0.39, 0.29) is 0 Å². The van der Waals surface area contributed by atoms with Crippen LogP contribution in [0.15, 0.2) is 30.3 Å². The zero-order chi connectivity index (χ0) is 18.5. The maximum Gasteiger partial charge on any atom is 0.237 e. The summed E-state index contributed by atoms with van der Waals surface area (Å²) in [6, 6.07) is 6.41. The Kier molecular flexibility index (Phi) is 6.89. The second-order valence-corrected chi connectivity index (χ2v) is 7.07. The van der Waals surface area contributed by atoms with Gasteiger partial charge < -0.3 is 27.6 Å². The van der Waals surface area contributed by atoms with Gasteiger partial charge in [0.25, 0.3) is 0 Å². The smallest absolute Gasteiger partial charge is 0.237 e. The van der Waals surface area contributed by atoms with Gasteiger partial charge in [-0.1, -0.05) is 51.1 Å². The largest absolute Gasteiger partial charge is 0.389 e. The Labute approximate surface area is 142 Å². The second kappa shape index (κ2) is 8.23. The molecular weight excluding hydrogens is 308 g/mol. The van der Waals surface area contributed by atoms with Gasteiger partial charge in [0, 0.05) is 0 Å². The standard InChI is InChI=1S/C17H28N4O3/c1-17(2,3)14(19)16(24)21-11(13(22)12(18)15(20)23)9-10-7-5-4-6-8-10/h4-8,11-14,22H,9,18-19H2,1-3H3,(H2,20,23)(H,21,24)/t11?,12?,13?,14-/m1/s1. The van der Waals surface area contributed by atoms with Crippen molar-refractivity contribution < 1.29 is 14.7 Å². The highest BCUT2D eigenvalue weighted by Gasteiger charge is 2.34. The molecule has 0 saturated heterocycles. The summed E-state index contributed by atoms with van der Waals surface area (Å²) in [5, 5.41) is 13.1. The van der Waals surface area contributed by atoms with Crippen molar-refractivity contribution in [3.05, 3.63) is 35.9 Å². The minimum absolute atomic E-state index is 0.297. The molecule has 7 nitrogen and oxygen atoms in total. The Hall–Kier alpha value is -1.96. The Morgan fingerprint density at radius 2 is 1.71 bits per heavy atom. The van der Waals surface area contributed by atoms with Crippen LogP contribution in [0.5, 0.6) is 0 Å². The van der Waals surface area contributed by atoms with Crippen LogP contribution < -0.4 is 22.5 Å². The molecule has 0 radical (unpaired) electrons. The number of nitrogens with one attached hydrogen (secondary N) is 1. The summed E-state index contributed by atoms with van der Waals surface area (Å²) in [6.45, 7) is 5.53.